The second-order valence-electron chi connectivity index (χ2n) is 10.3. The van der Waals surface area contributed by atoms with E-state index in [-0.39, 0.29) is 40.5 Å². The van der Waals surface area contributed by atoms with Gasteiger partial charge in [0.15, 0.2) is 0 Å². The van der Waals surface area contributed by atoms with Crippen molar-refractivity contribution in [2.75, 3.05) is 10.8 Å². The van der Waals surface area contributed by atoms with E-state index < -0.39 is 34.3 Å². The molecule has 0 radical (unpaired) electrons. The van der Waals surface area contributed by atoms with Crippen LogP contribution in [0, 0.1) is 5.82 Å². The molecule has 0 aliphatic heterocycles. The number of hydrogen-bond donors (Lipinski definition) is 1. The highest BCUT2D eigenvalue weighted by molar-refractivity contribution is 7.92. The summed E-state index contributed by atoms with van der Waals surface area (Å²) in [6, 6.07) is 16.9. The Morgan fingerprint density at radius 3 is 2.26 bits per heavy atom. The number of hydrogen-bond acceptors (Lipinski definition) is 4. The summed E-state index contributed by atoms with van der Waals surface area (Å²) in [5.41, 5.74) is 0.328. The van der Waals surface area contributed by atoms with E-state index in [0.29, 0.717) is 10.6 Å². The highest BCUT2D eigenvalue weighted by Crippen LogP contribution is 2.28. The first kappa shape index (κ1) is 31.8. The van der Waals surface area contributed by atoms with E-state index in [2.05, 4.69) is 5.32 Å². The zero-order valence-corrected chi connectivity index (χ0v) is 25.6. The van der Waals surface area contributed by atoms with Crippen LogP contribution in [0.3, 0.4) is 0 Å². The van der Waals surface area contributed by atoms with Crippen LogP contribution < -0.4 is 9.62 Å². The molecule has 224 valence electrons. The molecule has 1 atom stereocenters. The first-order chi connectivity index (χ1) is 20.1. The molecule has 3 aromatic rings. The van der Waals surface area contributed by atoms with E-state index in [1.54, 1.807) is 43.3 Å². The Morgan fingerprint density at radius 2 is 1.62 bits per heavy atom. The minimum atomic E-state index is -4.36. The van der Waals surface area contributed by atoms with Crippen LogP contribution in [0.2, 0.25) is 10.0 Å². The summed E-state index contributed by atoms with van der Waals surface area (Å²) in [6.45, 7) is 1.02. The molecule has 7 nitrogen and oxygen atoms in total. The molecular weight excluding hydrogens is 600 g/mol. The maximum absolute atomic E-state index is 15.1. The van der Waals surface area contributed by atoms with E-state index in [9.17, 15) is 18.0 Å². The van der Waals surface area contributed by atoms with Crippen molar-refractivity contribution in [2.45, 2.75) is 69.0 Å². The number of nitrogens with zero attached hydrogens (tertiary/aromatic N) is 2. The molecule has 11 heteroatoms. The normalized spacial score (nSPS) is 14.7. The number of sulfonamides is 1. The van der Waals surface area contributed by atoms with Crippen molar-refractivity contribution in [3.63, 3.8) is 0 Å². The summed E-state index contributed by atoms with van der Waals surface area (Å²) in [6.07, 6.45) is 5.15. The van der Waals surface area contributed by atoms with Crippen LogP contribution in [0.5, 0.6) is 0 Å². The predicted octanol–water partition coefficient (Wildman–Crippen LogP) is 6.58. The van der Waals surface area contributed by atoms with Crippen LogP contribution >= 0.6 is 23.2 Å². The van der Waals surface area contributed by atoms with E-state index in [1.807, 2.05) is 0 Å². The molecule has 0 bridgehead atoms. The van der Waals surface area contributed by atoms with E-state index in [1.165, 1.54) is 35.2 Å². The van der Waals surface area contributed by atoms with Gasteiger partial charge in [-0.1, -0.05) is 85.8 Å². The van der Waals surface area contributed by atoms with E-state index in [0.717, 1.165) is 42.5 Å². The number of carbonyl (C=O) groups excluding carboxylic acids is 2. The highest BCUT2D eigenvalue weighted by atomic mass is 35.5. The lowest BCUT2D eigenvalue weighted by atomic mass is 9.95. The minimum absolute atomic E-state index is 0.00981. The van der Waals surface area contributed by atoms with Gasteiger partial charge in [0.1, 0.15) is 18.4 Å². The molecule has 0 spiro atoms. The van der Waals surface area contributed by atoms with Gasteiger partial charge in [0, 0.05) is 12.6 Å². The average Bonchev–Trinajstić information content (AvgIpc) is 2.99. The van der Waals surface area contributed by atoms with Crippen LogP contribution in [0.1, 0.15) is 51.0 Å². The Balaban J connectivity index is 1.72. The fraction of sp³-hybridized carbons (Fsp3) is 0.355. The number of nitrogens with one attached hydrogen (secondary N) is 1. The minimum Gasteiger partial charge on any atom is -0.352 e. The van der Waals surface area contributed by atoms with Crippen LogP contribution in [0.15, 0.2) is 77.7 Å². The smallest absolute Gasteiger partial charge is 0.264 e. The standard InChI is InChI=1S/C31H34Cl2FN3O4S/c1-2-28(31(39)35-23-11-5-3-6-12-23)36(20-22-17-18-25(32)26(33)19-22)30(38)21-37(29-16-10-9-15-27(29)34)42(40,41)24-13-7-4-8-14-24/h4,7-10,13-19,23,28H,2-3,5-6,11-12,20-21H2,1H3,(H,35,39)/t28-/m0/s1. The van der Waals surface area contributed by atoms with Crippen LogP contribution in [0.4, 0.5) is 10.1 Å². The molecule has 1 N–H and O–H groups in total. The highest BCUT2D eigenvalue weighted by Gasteiger charge is 2.35. The quantitative estimate of drug-likeness (QED) is 0.258. The van der Waals surface area contributed by atoms with Gasteiger partial charge >= 0.3 is 0 Å². The number of rotatable bonds is 11. The fourth-order valence-corrected chi connectivity index (χ4v) is 6.95. The molecule has 1 saturated carbocycles. The van der Waals surface area contributed by atoms with Gasteiger partial charge < -0.3 is 10.2 Å². The van der Waals surface area contributed by atoms with Crippen LogP contribution in [0.25, 0.3) is 0 Å². The van der Waals surface area contributed by atoms with Crippen molar-refractivity contribution in [3.05, 3.63) is 94.2 Å². The van der Waals surface area contributed by atoms with Crippen molar-refractivity contribution >= 4 is 50.7 Å². The topological polar surface area (TPSA) is 86.8 Å². The lowest BCUT2D eigenvalue weighted by Gasteiger charge is -2.34. The van der Waals surface area contributed by atoms with Crippen LogP contribution in [-0.4, -0.2) is 43.8 Å². The monoisotopic (exact) mass is 633 g/mol. The predicted molar refractivity (Wildman–Crippen MR) is 163 cm³/mol. The Hall–Kier alpha value is -3.14. The maximum Gasteiger partial charge on any atom is 0.264 e. The zero-order valence-electron chi connectivity index (χ0n) is 23.3. The summed E-state index contributed by atoms with van der Waals surface area (Å²) in [7, 11) is -4.36. The van der Waals surface area contributed by atoms with Crippen molar-refractivity contribution in [1.29, 1.82) is 0 Å². The summed E-state index contributed by atoms with van der Waals surface area (Å²) in [5, 5.41) is 3.70. The lowest BCUT2D eigenvalue weighted by molar-refractivity contribution is -0.140. The average molecular weight is 635 g/mol. The molecule has 0 saturated heterocycles. The molecule has 3 aromatic carbocycles. The van der Waals surface area contributed by atoms with Gasteiger partial charge in [0.2, 0.25) is 11.8 Å². The molecule has 2 amide bonds. The van der Waals surface area contributed by atoms with Gasteiger partial charge in [-0.05, 0) is 61.2 Å². The maximum atomic E-state index is 15.1. The third kappa shape index (κ3) is 7.62. The Kier molecular flexibility index (Phi) is 10.9. The molecule has 0 aromatic heterocycles. The van der Waals surface area contributed by atoms with Gasteiger partial charge in [0.05, 0.1) is 20.6 Å². The summed E-state index contributed by atoms with van der Waals surface area (Å²) >= 11 is 12.4. The third-order valence-electron chi connectivity index (χ3n) is 7.41. The zero-order chi connectivity index (χ0) is 30.3. The Bertz CT molecular complexity index is 1500. The Labute approximate surface area is 256 Å². The number of amides is 2. The SMILES string of the molecule is CC[C@@H](C(=O)NC1CCCCC1)N(Cc1ccc(Cl)c(Cl)c1)C(=O)CN(c1ccccc1F)S(=O)(=O)c1ccccc1. The lowest BCUT2D eigenvalue weighted by Crippen LogP contribution is -2.54. The van der Waals surface area contributed by atoms with Crippen molar-refractivity contribution in [3.8, 4) is 0 Å². The van der Waals surface area contributed by atoms with Crippen molar-refractivity contribution in [1.82, 2.24) is 10.2 Å². The van der Waals surface area contributed by atoms with E-state index in [4.69, 9.17) is 23.2 Å². The first-order valence-corrected chi connectivity index (χ1v) is 16.2. The summed E-state index contributed by atoms with van der Waals surface area (Å²) < 4.78 is 43.4. The van der Waals surface area contributed by atoms with Gasteiger partial charge in [0.25, 0.3) is 10.0 Å². The second kappa shape index (κ2) is 14.4. The number of benzene rings is 3. The summed E-state index contributed by atoms with van der Waals surface area (Å²) in [5.74, 6) is -1.79. The fourth-order valence-electron chi connectivity index (χ4n) is 5.19. The number of halogens is 3. The molecule has 1 fully saturated rings. The number of carbonyl (C=O) groups is 2. The molecule has 42 heavy (non-hydrogen) atoms. The van der Waals surface area contributed by atoms with Gasteiger partial charge in [-0.3, -0.25) is 13.9 Å². The van der Waals surface area contributed by atoms with Gasteiger partial charge in [-0.25, -0.2) is 12.8 Å². The molecule has 0 unspecified atom stereocenters. The largest absolute Gasteiger partial charge is 0.352 e. The van der Waals surface area contributed by atoms with Crippen LogP contribution in [-0.2, 0) is 26.2 Å². The molecule has 1 aliphatic rings. The van der Waals surface area contributed by atoms with Gasteiger partial charge in [-0.15, -0.1) is 0 Å². The second-order valence-corrected chi connectivity index (χ2v) is 13.0. The summed E-state index contributed by atoms with van der Waals surface area (Å²) in [4.78, 5) is 29.0. The van der Waals surface area contributed by atoms with Crippen molar-refractivity contribution in [2.24, 2.45) is 0 Å². The first-order valence-electron chi connectivity index (χ1n) is 14.0. The van der Waals surface area contributed by atoms with Gasteiger partial charge in [-0.2, -0.15) is 0 Å². The Morgan fingerprint density at radius 1 is 0.952 bits per heavy atom. The molecule has 0 heterocycles. The third-order valence-corrected chi connectivity index (χ3v) is 9.92. The van der Waals surface area contributed by atoms with E-state index >= 15 is 4.39 Å². The number of para-hydroxylation sites is 1. The molecule has 4 rings (SSSR count). The molecule has 1 aliphatic carbocycles. The number of anilines is 1. The van der Waals surface area contributed by atoms with Crippen molar-refractivity contribution < 1.29 is 22.4 Å². The molecular formula is C31H34Cl2FN3O4S.